The fraction of sp³-hybridized carbons (Fsp3) is 0. The van der Waals surface area contributed by atoms with E-state index in [0.717, 1.165) is 22.5 Å². The largest absolute Gasteiger partial charge is 0.493 e. The molecule has 0 aliphatic carbocycles. The highest BCUT2D eigenvalue weighted by atomic mass is 16.3. The Morgan fingerprint density at radius 2 is 2.06 bits per heavy atom. The molecule has 0 aliphatic heterocycles. The molecule has 0 fully saturated rings. The van der Waals surface area contributed by atoms with Crippen molar-refractivity contribution in [3.05, 3.63) is 52.9 Å². The predicted molar refractivity (Wildman–Crippen MR) is 67.3 cm³/mol. The van der Waals surface area contributed by atoms with Crippen molar-refractivity contribution < 1.29 is 5.11 Å². The van der Waals surface area contributed by atoms with Gasteiger partial charge in [0.05, 0.1) is 11.6 Å². The molecule has 3 aromatic rings. The Hall–Kier alpha value is -2.69. The van der Waals surface area contributed by atoms with Crippen molar-refractivity contribution in [3.63, 3.8) is 0 Å². The molecule has 18 heavy (non-hydrogen) atoms. The van der Waals surface area contributed by atoms with Gasteiger partial charge >= 0.3 is 0 Å². The third-order valence-corrected chi connectivity index (χ3v) is 2.60. The van der Waals surface area contributed by atoms with Crippen LogP contribution in [-0.2, 0) is 0 Å². The first kappa shape index (κ1) is 10.5. The van der Waals surface area contributed by atoms with Gasteiger partial charge in [0.2, 0.25) is 5.88 Å². The predicted octanol–water partition coefficient (Wildman–Crippen LogP) is 1.69. The quantitative estimate of drug-likeness (QED) is 0.677. The summed E-state index contributed by atoms with van der Waals surface area (Å²) < 4.78 is 0. The van der Waals surface area contributed by atoms with Gasteiger partial charge in [0.15, 0.2) is 0 Å². The number of benzene rings is 1. The van der Waals surface area contributed by atoms with Crippen molar-refractivity contribution in [1.29, 1.82) is 0 Å². The molecule has 0 aliphatic rings. The number of aromatic nitrogens is 3. The minimum atomic E-state index is -0.385. The summed E-state index contributed by atoms with van der Waals surface area (Å²) in [4.78, 5) is 22.0. The van der Waals surface area contributed by atoms with Gasteiger partial charge < -0.3 is 10.1 Å². The van der Waals surface area contributed by atoms with Gasteiger partial charge in [-0.1, -0.05) is 6.07 Å². The molecule has 0 amide bonds. The number of fused-ring (bicyclic) bond motifs is 1. The molecule has 2 N–H and O–H groups in total. The fourth-order valence-corrected chi connectivity index (χ4v) is 1.80. The Morgan fingerprint density at radius 3 is 2.89 bits per heavy atom. The van der Waals surface area contributed by atoms with E-state index in [0.29, 0.717) is 5.82 Å². The molecule has 0 radical (unpaired) electrons. The van der Waals surface area contributed by atoms with E-state index in [2.05, 4.69) is 15.0 Å². The van der Waals surface area contributed by atoms with Crippen molar-refractivity contribution in [2.45, 2.75) is 0 Å². The summed E-state index contributed by atoms with van der Waals surface area (Å²) in [6, 6.07) is 10.3. The average Bonchev–Trinajstić information content (AvgIpc) is 2.37. The fourth-order valence-electron chi connectivity index (χ4n) is 1.80. The van der Waals surface area contributed by atoms with Crippen LogP contribution in [-0.4, -0.2) is 20.1 Å². The standard InChI is InChI=1S/C13H9N3O2/c17-11-7-12(18)16-13(15-11)9-3-4-10-8(6-9)2-1-5-14-10/h1-7H,(H2,15,16,17,18). The van der Waals surface area contributed by atoms with E-state index in [9.17, 15) is 9.90 Å². The van der Waals surface area contributed by atoms with Crippen LogP contribution in [0.15, 0.2) is 47.4 Å². The zero-order valence-corrected chi connectivity index (χ0v) is 9.29. The number of aromatic amines is 1. The molecule has 0 saturated heterocycles. The maximum Gasteiger partial charge on any atom is 0.254 e. The van der Waals surface area contributed by atoms with Crippen LogP contribution in [0.2, 0.25) is 0 Å². The van der Waals surface area contributed by atoms with Crippen LogP contribution in [0.4, 0.5) is 0 Å². The molecule has 88 valence electrons. The minimum absolute atomic E-state index is 0.292. The molecule has 5 heteroatoms. The highest BCUT2D eigenvalue weighted by molar-refractivity contribution is 5.83. The summed E-state index contributed by atoms with van der Waals surface area (Å²) in [6.07, 6.45) is 1.72. The molecule has 1 aromatic carbocycles. The topological polar surface area (TPSA) is 78.9 Å². The Bertz CT molecular complexity index is 780. The number of hydrogen-bond donors (Lipinski definition) is 2. The van der Waals surface area contributed by atoms with E-state index in [1.165, 1.54) is 0 Å². The third-order valence-electron chi connectivity index (χ3n) is 2.60. The van der Waals surface area contributed by atoms with Crippen LogP contribution in [0.1, 0.15) is 0 Å². The smallest absolute Gasteiger partial charge is 0.254 e. The van der Waals surface area contributed by atoms with E-state index >= 15 is 0 Å². The van der Waals surface area contributed by atoms with Gasteiger partial charge in [-0.2, -0.15) is 4.98 Å². The summed E-state index contributed by atoms with van der Waals surface area (Å²) in [5, 5.41) is 10.3. The Balaban J connectivity index is 2.22. The highest BCUT2D eigenvalue weighted by Crippen LogP contribution is 2.20. The molecule has 3 rings (SSSR count). The van der Waals surface area contributed by atoms with Gasteiger partial charge in [0.25, 0.3) is 5.56 Å². The van der Waals surface area contributed by atoms with Crippen LogP contribution in [0, 0.1) is 0 Å². The zero-order valence-electron chi connectivity index (χ0n) is 9.29. The van der Waals surface area contributed by atoms with Crippen molar-refractivity contribution in [3.8, 4) is 17.3 Å². The van der Waals surface area contributed by atoms with Crippen molar-refractivity contribution in [1.82, 2.24) is 15.0 Å². The molecule has 0 bridgehead atoms. The Kier molecular flexibility index (Phi) is 2.30. The number of nitrogens with zero attached hydrogens (tertiary/aromatic N) is 2. The van der Waals surface area contributed by atoms with Crippen LogP contribution in [0.25, 0.3) is 22.3 Å². The monoisotopic (exact) mass is 239 g/mol. The van der Waals surface area contributed by atoms with E-state index < -0.39 is 0 Å². The zero-order chi connectivity index (χ0) is 12.5. The summed E-state index contributed by atoms with van der Waals surface area (Å²) >= 11 is 0. The van der Waals surface area contributed by atoms with Crippen LogP contribution >= 0.6 is 0 Å². The molecular weight excluding hydrogens is 230 g/mol. The highest BCUT2D eigenvalue weighted by Gasteiger charge is 2.04. The van der Waals surface area contributed by atoms with E-state index in [1.807, 2.05) is 24.3 Å². The number of H-pyrrole nitrogens is 1. The summed E-state index contributed by atoms with van der Waals surface area (Å²) in [5.41, 5.74) is 1.20. The molecule has 0 atom stereocenters. The second-order valence-corrected chi connectivity index (χ2v) is 3.86. The lowest BCUT2D eigenvalue weighted by Gasteiger charge is -2.02. The van der Waals surface area contributed by atoms with Crippen LogP contribution < -0.4 is 5.56 Å². The normalized spacial score (nSPS) is 10.7. The maximum atomic E-state index is 11.3. The molecule has 0 saturated carbocycles. The lowest BCUT2D eigenvalue weighted by molar-refractivity contribution is 0.452. The first-order chi connectivity index (χ1) is 8.72. The van der Waals surface area contributed by atoms with Crippen LogP contribution in [0.5, 0.6) is 5.88 Å². The van der Waals surface area contributed by atoms with Gasteiger partial charge in [0, 0.05) is 17.1 Å². The molecule has 0 unspecified atom stereocenters. The van der Waals surface area contributed by atoms with Crippen molar-refractivity contribution in [2.24, 2.45) is 0 Å². The number of pyridine rings is 1. The lowest BCUT2D eigenvalue weighted by Crippen LogP contribution is -2.06. The second-order valence-electron chi connectivity index (χ2n) is 3.86. The molecular formula is C13H9N3O2. The number of nitrogens with one attached hydrogen (secondary N) is 1. The van der Waals surface area contributed by atoms with E-state index in [-0.39, 0.29) is 11.4 Å². The first-order valence-electron chi connectivity index (χ1n) is 5.38. The number of rotatable bonds is 1. The van der Waals surface area contributed by atoms with Gasteiger partial charge in [-0.25, -0.2) is 0 Å². The number of aromatic hydroxyl groups is 1. The lowest BCUT2D eigenvalue weighted by atomic mass is 10.1. The van der Waals surface area contributed by atoms with Gasteiger partial charge in [-0.05, 0) is 24.3 Å². The van der Waals surface area contributed by atoms with E-state index in [4.69, 9.17) is 0 Å². The van der Waals surface area contributed by atoms with Crippen molar-refractivity contribution in [2.75, 3.05) is 0 Å². The average molecular weight is 239 g/mol. The molecule has 5 nitrogen and oxygen atoms in total. The minimum Gasteiger partial charge on any atom is -0.493 e. The van der Waals surface area contributed by atoms with Gasteiger partial charge in [-0.15, -0.1) is 0 Å². The maximum absolute atomic E-state index is 11.3. The Morgan fingerprint density at radius 1 is 1.17 bits per heavy atom. The second kappa shape index (κ2) is 3.96. The molecule has 0 spiro atoms. The SMILES string of the molecule is O=c1cc(O)nc(-c2ccc3ncccc3c2)[nH]1. The number of hydrogen-bond acceptors (Lipinski definition) is 4. The summed E-state index contributed by atoms with van der Waals surface area (Å²) in [5.74, 6) is 0.0470. The van der Waals surface area contributed by atoms with Crippen LogP contribution in [0.3, 0.4) is 0 Å². The third kappa shape index (κ3) is 1.82. The summed E-state index contributed by atoms with van der Waals surface area (Å²) in [7, 11) is 0. The van der Waals surface area contributed by atoms with E-state index in [1.54, 1.807) is 12.3 Å². The molecule has 2 aromatic heterocycles. The molecule has 2 heterocycles. The Labute approximate surface area is 102 Å². The first-order valence-corrected chi connectivity index (χ1v) is 5.38. The van der Waals surface area contributed by atoms with Crippen molar-refractivity contribution >= 4 is 10.9 Å². The van der Waals surface area contributed by atoms with Gasteiger partial charge in [0.1, 0.15) is 5.82 Å². The summed E-state index contributed by atoms with van der Waals surface area (Å²) in [6.45, 7) is 0. The van der Waals surface area contributed by atoms with Gasteiger partial charge in [-0.3, -0.25) is 9.78 Å².